The molecule has 92 valence electrons. The zero-order valence-corrected chi connectivity index (χ0v) is 9.79. The highest BCUT2D eigenvalue weighted by molar-refractivity contribution is 5.87. The van der Waals surface area contributed by atoms with Gasteiger partial charge in [0.2, 0.25) is 11.8 Å². The number of hydrogen-bond donors (Lipinski definition) is 3. The predicted molar refractivity (Wildman–Crippen MR) is 61.7 cm³/mol. The molecule has 0 aromatic rings. The molecule has 16 heavy (non-hydrogen) atoms. The summed E-state index contributed by atoms with van der Waals surface area (Å²) in [4.78, 5) is 23.1. The molecule has 2 unspecified atom stereocenters. The lowest BCUT2D eigenvalue weighted by molar-refractivity contribution is -0.129. The third kappa shape index (κ3) is 4.18. The zero-order valence-electron chi connectivity index (χ0n) is 9.79. The van der Waals surface area contributed by atoms with E-state index in [9.17, 15) is 9.59 Å². The first-order chi connectivity index (χ1) is 7.63. The van der Waals surface area contributed by atoms with E-state index < -0.39 is 0 Å². The number of hydrogen-bond acceptors (Lipinski definition) is 3. The number of carbonyl (C=O) groups is 2. The summed E-state index contributed by atoms with van der Waals surface area (Å²) in [5.74, 6) is -0.202. The van der Waals surface area contributed by atoms with Crippen molar-refractivity contribution in [1.29, 1.82) is 0 Å². The van der Waals surface area contributed by atoms with Crippen LogP contribution in [0.4, 0.5) is 0 Å². The van der Waals surface area contributed by atoms with Gasteiger partial charge in [-0.05, 0) is 25.7 Å². The number of carbonyl (C=O) groups excluding carboxylic acids is 2. The fourth-order valence-corrected chi connectivity index (χ4v) is 1.71. The summed E-state index contributed by atoms with van der Waals surface area (Å²) < 4.78 is 0. The molecule has 0 spiro atoms. The first-order valence-corrected chi connectivity index (χ1v) is 5.96. The van der Waals surface area contributed by atoms with Crippen LogP contribution in [-0.2, 0) is 9.59 Å². The van der Waals surface area contributed by atoms with Crippen molar-refractivity contribution in [3.63, 3.8) is 0 Å². The third-order valence-corrected chi connectivity index (χ3v) is 2.84. The number of nitrogens with one attached hydrogen (secondary N) is 2. The van der Waals surface area contributed by atoms with Gasteiger partial charge < -0.3 is 16.4 Å². The van der Waals surface area contributed by atoms with Crippen molar-refractivity contribution < 1.29 is 9.59 Å². The molecule has 1 aliphatic rings. The van der Waals surface area contributed by atoms with Crippen LogP contribution in [0.2, 0.25) is 0 Å². The second-order valence-corrected chi connectivity index (χ2v) is 4.28. The molecule has 0 aliphatic carbocycles. The Kier molecular flexibility index (Phi) is 5.25. The van der Waals surface area contributed by atoms with Gasteiger partial charge in [-0.3, -0.25) is 9.59 Å². The lowest BCUT2D eigenvalue weighted by atomic mass is 10.1. The smallest absolute Gasteiger partial charge is 0.242 e. The Labute approximate surface area is 96.1 Å². The van der Waals surface area contributed by atoms with Gasteiger partial charge in [0, 0.05) is 19.0 Å². The number of rotatable bonds is 4. The standard InChI is InChI=1S/C11H21N3O2/c1-2-8(12)7-10(15)14-9-5-3-4-6-13-11(9)16/h8-9H,2-7,12H2,1H3,(H,13,16)(H,14,15). The summed E-state index contributed by atoms with van der Waals surface area (Å²) in [6.45, 7) is 2.65. The minimum atomic E-state index is -0.376. The van der Waals surface area contributed by atoms with Gasteiger partial charge >= 0.3 is 0 Å². The van der Waals surface area contributed by atoms with E-state index in [2.05, 4.69) is 10.6 Å². The van der Waals surface area contributed by atoms with Crippen LogP contribution in [0.5, 0.6) is 0 Å². The highest BCUT2D eigenvalue weighted by Gasteiger charge is 2.22. The molecule has 0 bridgehead atoms. The van der Waals surface area contributed by atoms with Gasteiger partial charge in [0.15, 0.2) is 0 Å². The Morgan fingerprint density at radius 2 is 2.38 bits per heavy atom. The third-order valence-electron chi connectivity index (χ3n) is 2.84. The number of amides is 2. The molecule has 0 aromatic carbocycles. The molecule has 2 atom stereocenters. The van der Waals surface area contributed by atoms with Crippen LogP contribution in [0.1, 0.15) is 39.0 Å². The molecule has 1 heterocycles. The lowest BCUT2D eigenvalue weighted by Crippen LogP contribution is -2.46. The SMILES string of the molecule is CCC(N)CC(=O)NC1CCCCNC1=O. The highest BCUT2D eigenvalue weighted by atomic mass is 16.2. The van der Waals surface area contributed by atoms with E-state index in [0.29, 0.717) is 13.0 Å². The predicted octanol–water partition coefficient (Wildman–Crippen LogP) is -0.101. The maximum atomic E-state index is 11.6. The van der Waals surface area contributed by atoms with Gasteiger partial charge in [-0.25, -0.2) is 0 Å². The quantitative estimate of drug-likeness (QED) is 0.627. The minimum absolute atomic E-state index is 0.0732. The zero-order chi connectivity index (χ0) is 12.0. The Morgan fingerprint density at radius 3 is 3.06 bits per heavy atom. The average Bonchev–Trinajstić information content (AvgIpc) is 2.44. The van der Waals surface area contributed by atoms with Crippen LogP contribution in [0, 0.1) is 0 Å². The van der Waals surface area contributed by atoms with Gasteiger partial charge in [-0.15, -0.1) is 0 Å². The molecule has 5 nitrogen and oxygen atoms in total. The Balaban J connectivity index is 2.39. The molecule has 1 rings (SSSR count). The van der Waals surface area contributed by atoms with Crippen molar-refractivity contribution in [1.82, 2.24) is 10.6 Å². The molecule has 0 radical (unpaired) electrons. The van der Waals surface area contributed by atoms with Crippen LogP contribution < -0.4 is 16.4 Å². The van der Waals surface area contributed by atoms with E-state index in [1.54, 1.807) is 0 Å². The summed E-state index contributed by atoms with van der Waals surface area (Å²) in [5.41, 5.74) is 5.68. The average molecular weight is 227 g/mol. The molecular formula is C11H21N3O2. The van der Waals surface area contributed by atoms with Crippen molar-refractivity contribution >= 4 is 11.8 Å². The fraction of sp³-hybridized carbons (Fsp3) is 0.818. The van der Waals surface area contributed by atoms with Crippen LogP contribution in [0.3, 0.4) is 0 Å². The molecule has 1 saturated heterocycles. The second kappa shape index (κ2) is 6.48. The van der Waals surface area contributed by atoms with Gasteiger partial charge in [-0.1, -0.05) is 6.92 Å². The van der Waals surface area contributed by atoms with Gasteiger partial charge in [0.05, 0.1) is 0 Å². The summed E-state index contributed by atoms with van der Waals surface area (Å²) in [6.07, 6.45) is 3.72. The van der Waals surface area contributed by atoms with E-state index in [0.717, 1.165) is 25.7 Å². The van der Waals surface area contributed by atoms with E-state index >= 15 is 0 Å². The van der Waals surface area contributed by atoms with Gasteiger partial charge in [0.25, 0.3) is 0 Å². The Bertz CT molecular complexity index is 256. The maximum absolute atomic E-state index is 11.6. The second-order valence-electron chi connectivity index (χ2n) is 4.28. The van der Waals surface area contributed by atoms with Crippen LogP contribution in [0.15, 0.2) is 0 Å². The summed E-state index contributed by atoms with van der Waals surface area (Å²) in [6, 6.07) is -0.493. The molecule has 0 saturated carbocycles. The molecule has 4 N–H and O–H groups in total. The van der Waals surface area contributed by atoms with Crippen molar-refractivity contribution in [3.05, 3.63) is 0 Å². The normalized spacial score (nSPS) is 23.1. The summed E-state index contributed by atoms with van der Waals surface area (Å²) in [7, 11) is 0. The maximum Gasteiger partial charge on any atom is 0.242 e. The molecule has 5 heteroatoms. The van der Waals surface area contributed by atoms with E-state index in [-0.39, 0.29) is 23.9 Å². The van der Waals surface area contributed by atoms with Crippen LogP contribution >= 0.6 is 0 Å². The largest absolute Gasteiger partial charge is 0.354 e. The molecule has 0 aromatic heterocycles. The van der Waals surface area contributed by atoms with Crippen molar-refractivity contribution in [3.8, 4) is 0 Å². The first kappa shape index (κ1) is 13.0. The Hall–Kier alpha value is -1.10. The van der Waals surface area contributed by atoms with Crippen molar-refractivity contribution in [2.24, 2.45) is 5.73 Å². The van der Waals surface area contributed by atoms with E-state index in [4.69, 9.17) is 5.73 Å². The van der Waals surface area contributed by atoms with E-state index in [1.165, 1.54) is 0 Å². The van der Waals surface area contributed by atoms with E-state index in [1.807, 2.05) is 6.92 Å². The van der Waals surface area contributed by atoms with Crippen molar-refractivity contribution in [2.45, 2.75) is 51.1 Å². The van der Waals surface area contributed by atoms with Crippen LogP contribution in [-0.4, -0.2) is 30.4 Å². The Morgan fingerprint density at radius 1 is 1.62 bits per heavy atom. The fourth-order valence-electron chi connectivity index (χ4n) is 1.71. The highest BCUT2D eigenvalue weighted by Crippen LogP contribution is 2.06. The monoisotopic (exact) mass is 227 g/mol. The van der Waals surface area contributed by atoms with Gasteiger partial charge in [-0.2, -0.15) is 0 Å². The summed E-state index contributed by atoms with van der Waals surface area (Å²) in [5, 5.41) is 5.53. The molecular weight excluding hydrogens is 206 g/mol. The lowest BCUT2D eigenvalue weighted by Gasteiger charge is -2.16. The molecule has 1 fully saturated rings. The van der Waals surface area contributed by atoms with Crippen molar-refractivity contribution in [2.75, 3.05) is 6.54 Å². The summed E-state index contributed by atoms with van der Waals surface area (Å²) >= 11 is 0. The number of nitrogens with two attached hydrogens (primary N) is 1. The topological polar surface area (TPSA) is 84.2 Å². The minimum Gasteiger partial charge on any atom is -0.354 e. The first-order valence-electron chi connectivity index (χ1n) is 5.96. The van der Waals surface area contributed by atoms with Crippen LogP contribution in [0.25, 0.3) is 0 Å². The molecule has 1 aliphatic heterocycles. The van der Waals surface area contributed by atoms with Gasteiger partial charge in [0.1, 0.15) is 6.04 Å². The molecule has 2 amide bonds.